The van der Waals surface area contributed by atoms with Crippen molar-refractivity contribution in [1.82, 2.24) is 4.57 Å². The zero-order chi connectivity index (χ0) is 18.1. The molecule has 5 nitrogen and oxygen atoms in total. The highest BCUT2D eigenvalue weighted by Gasteiger charge is 2.17. The van der Waals surface area contributed by atoms with Gasteiger partial charge in [-0.15, -0.1) is 0 Å². The molecule has 0 saturated carbocycles. The van der Waals surface area contributed by atoms with E-state index in [9.17, 15) is 9.59 Å². The summed E-state index contributed by atoms with van der Waals surface area (Å²) in [4.78, 5) is 24.1. The second-order valence-corrected chi connectivity index (χ2v) is 7.05. The van der Waals surface area contributed by atoms with Crippen molar-refractivity contribution in [2.24, 2.45) is 7.05 Å². The van der Waals surface area contributed by atoms with Gasteiger partial charge in [-0.1, -0.05) is 23.5 Å². The molecule has 3 aromatic rings. The second kappa shape index (κ2) is 6.72. The average molecular weight is 356 g/mol. The van der Waals surface area contributed by atoms with E-state index in [-0.39, 0.29) is 10.8 Å². The molecular formula is C19H20N2O3S. The van der Waals surface area contributed by atoms with Gasteiger partial charge in [-0.2, -0.15) is 0 Å². The van der Waals surface area contributed by atoms with Gasteiger partial charge in [-0.3, -0.25) is 9.59 Å². The summed E-state index contributed by atoms with van der Waals surface area (Å²) in [5.74, 6) is 0.475. The maximum absolute atomic E-state index is 12.4. The fraction of sp³-hybridized carbons (Fsp3) is 0.263. The van der Waals surface area contributed by atoms with Crippen molar-refractivity contribution in [1.29, 1.82) is 0 Å². The van der Waals surface area contributed by atoms with Crippen molar-refractivity contribution in [3.05, 3.63) is 57.2 Å². The first-order valence-electron chi connectivity index (χ1n) is 8.00. The maximum atomic E-state index is 12.4. The zero-order valence-corrected chi connectivity index (χ0v) is 15.4. The van der Waals surface area contributed by atoms with Crippen LogP contribution in [0.5, 0.6) is 5.75 Å². The number of ether oxygens (including phenoxy) is 1. The smallest absolute Gasteiger partial charge is 0.307 e. The Morgan fingerprint density at radius 2 is 2.00 bits per heavy atom. The largest absolute Gasteiger partial charge is 0.481 e. The summed E-state index contributed by atoms with van der Waals surface area (Å²) >= 11 is 1.16. The Bertz CT molecular complexity index is 1000. The molecule has 1 unspecified atom stereocenters. The first kappa shape index (κ1) is 17.2. The summed E-state index contributed by atoms with van der Waals surface area (Å²) in [7, 11) is 1.74. The molecule has 0 saturated heterocycles. The summed E-state index contributed by atoms with van der Waals surface area (Å²) in [5, 5.41) is 2.85. The first-order valence-corrected chi connectivity index (χ1v) is 8.82. The van der Waals surface area contributed by atoms with Crippen molar-refractivity contribution < 1.29 is 9.53 Å². The lowest BCUT2D eigenvalue weighted by Gasteiger charge is -2.17. The number of hydrogen-bond acceptors (Lipinski definition) is 4. The number of aromatic nitrogens is 1. The van der Waals surface area contributed by atoms with E-state index in [1.807, 2.05) is 44.2 Å². The number of nitrogens with one attached hydrogen (secondary N) is 1. The number of thiazole rings is 1. The van der Waals surface area contributed by atoms with E-state index in [4.69, 9.17) is 4.74 Å². The van der Waals surface area contributed by atoms with E-state index in [1.54, 1.807) is 24.6 Å². The van der Waals surface area contributed by atoms with E-state index in [1.165, 1.54) is 0 Å². The molecule has 1 amide bonds. The normalized spacial score (nSPS) is 12.2. The highest BCUT2D eigenvalue weighted by Crippen LogP contribution is 2.23. The molecule has 6 heteroatoms. The van der Waals surface area contributed by atoms with Crippen LogP contribution in [0.2, 0.25) is 0 Å². The summed E-state index contributed by atoms with van der Waals surface area (Å²) in [6, 6.07) is 11.2. The number of anilines is 1. The summed E-state index contributed by atoms with van der Waals surface area (Å²) < 4.78 is 8.24. The first-order chi connectivity index (χ1) is 11.9. The van der Waals surface area contributed by atoms with Crippen molar-refractivity contribution in [3.8, 4) is 5.75 Å². The Hall–Kier alpha value is -2.60. The number of benzene rings is 2. The summed E-state index contributed by atoms with van der Waals surface area (Å²) in [5.41, 5.74) is 3.65. The lowest BCUT2D eigenvalue weighted by atomic mass is 10.1. The van der Waals surface area contributed by atoms with Gasteiger partial charge in [0.15, 0.2) is 6.10 Å². The number of carbonyl (C=O) groups excluding carboxylic acids is 1. The minimum absolute atomic E-state index is 0.0231. The Morgan fingerprint density at radius 3 is 2.76 bits per heavy atom. The Balaban J connectivity index is 1.75. The third kappa shape index (κ3) is 3.44. The lowest BCUT2D eigenvalue weighted by Crippen LogP contribution is -2.30. The zero-order valence-electron chi connectivity index (χ0n) is 14.6. The fourth-order valence-electron chi connectivity index (χ4n) is 2.55. The molecule has 0 spiro atoms. The quantitative estimate of drug-likeness (QED) is 0.777. The third-order valence-electron chi connectivity index (χ3n) is 4.29. The fourth-order valence-corrected chi connectivity index (χ4v) is 3.47. The van der Waals surface area contributed by atoms with E-state index in [0.717, 1.165) is 32.7 Å². The number of amides is 1. The van der Waals surface area contributed by atoms with Crippen LogP contribution in [-0.2, 0) is 11.8 Å². The van der Waals surface area contributed by atoms with E-state index >= 15 is 0 Å². The number of hydrogen-bond donors (Lipinski definition) is 1. The van der Waals surface area contributed by atoms with Crippen molar-refractivity contribution in [2.75, 3.05) is 5.32 Å². The molecule has 0 radical (unpaired) electrons. The van der Waals surface area contributed by atoms with Crippen LogP contribution < -0.4 is 14.9 Å². The van der Waals surface area contributed by atoms with Crippen molar-refractivity contribution >= 4 is 33.1 Å². The highest BCUT2D eigenvalue weighted by molar-refractivity contribution is 7.16. The minimum atomic E-state index is -0.634. The number of carbonyl (C=O) groups is 1. The molecule has 3 rings (SSSR count). The van der Waals surface area contributed by atoms with Gasteiger partial charge in [-0.25, -0.2) is 0 Å². The molecule has 2 aromatic carbocycles. The van der Waals surface area contributed by atoms with Gasteiger partial charge in [-0.05, 0) is 56.2 Å². The average Bonchev–Trinajstić information content (AvgIpc) is 2.85. The Labute approximate surface area is 149 Å². The second-order valence-electron chi connectivity index (χ2n) is 6.06. The van der Waals surface area contributed by atoms with E-state index in [2.05, 4.69) is 5.32 Å². The molecule has 1 heterocycles. The predicted molar refractivity (Wildman–Crippen MR) is 102 cm³/mol. The molecule has 130 valence electrons. The van der Waals surface area contributed by atoms with E-state index in [0.29, 0.717) is 11.4 Å². The monoisotopic (exact) mass is 356 g/mol. The number of fused-ring (bicyclic) bond motifs is 1. The van der Waals surface area contributed by atoms with Crippen LogP contribution in [0.25, 0.3) is 10.2 Å². The number of aryl methyl sites for hydroxylation is 2. The maximum Gasteiger partial charge on any atom is 0.307 e. The molecule has 1 aromatic heterocycles. The third-order valence-corrected chi connectivity index (χ3v) is 5.28. The molecule has 0 aliphatic heterocycles. The van der Waals surface area contributed by atoms with Crippen LogP contribution in [0.4, 0.5) is 5.69 Å². The van der Waals surface area contributed by atoms with E-state index < -0.39 is 6.10 Å². The van der Waals surface area contributed by atoms with Crippen LogP contribution >= 0.6 is 11.3 Å². The molecule has 1 N–H and O–H groups in total. The lowest BCUT2D eigenvalue weighted by molar-refractivity contribution is -0.122. The summed E-state index contributed by atoms with van der Waals surface area (Å²) in [6.07, 6.45) is -0.634. The van der Waals surface area contributed by atoms with Gasteiger partial charge in [0.05, 0.1) is 10.2 Å². The van der Waals surface area contributed by atoms with Crippen LogP contribution in [0.1, 0.15) is 18.1 Å². The number of rotatable bonds is 4. The standard InChI is InChI=1S/C19H20N2O3S/c1-11-6-5-7-16(12(11)2)24-13(3)18(22)20-14-8-9-15-17(10-14)25-19(23)21(15)4/h5-10,13H,1-4H3,(H,20,22). The SMILES string of the molecule is Cc1cccc(OC(C)C(=O)Nc2ccc3c(c2)sc(=O)n3C)c1C. The molecule has 1 atom stereocenters. The molecular weight excluding hydrogens is 336 g/mol. The van der Waals surface area contributed by atoms with Crippen LogP contribution in [-0.4, -0.2) is 16.6 Å². The molecule has 0 aliphatic carbocycles. The highest BCUT2D eigenvalue weighted by atomic mass is 32.1. The molecule has 0 aliphatic rings. The Morgan fingerprint density at radius 1 is 1.24 bits per heavy atom. The number of nitrogens with zero attached hydrogens (tertiary/aromatic N) is 1. The van der Waals surface area contributed by atoms with Gasteiger partial charge in [0.25, 0.3) is 5.91 Å². The van der Waals surface area contributed by atoms with Crippen LogP contribution in [0.15, 0.2) is 41.2 Å². The Kier molecular flexibility index (Phi) is 4.63. The molecule has 0 fully saturated rings. The topological polar surface area (TPSA) is 60.3 Å². The molecule has 25 heavy (non-hydrogen) atoms. The van der Waals surface area contributed by atoms with Crippen LogP contribution in [0.3, 0.4) is 0 Å². The van der Waals surface area contributed by atoms with Gasteiger partial charge >= 0.3 is 4.87 Å². The van der Waals surface area contributed by atoms with Gasteiger partial charge in [0.2, 0.25) is 0 Å². The summed E-state index contributed by atoms with van der Waals surface area (Å²) in [6.45, 7) is 5.70. The molecule has 0 bridgehead atoms. The van der Waals surface area contributed by atoms with Gasteiger partial charge in [0.1, 0.15) is 5.75 Å². The van der Waals surface area contributed by atoms with Gasteiger partial charge < -0.3 is 14.6 Å². The van der Waals surface area contributed by atoms with Crippen molar-refractivity contribution in [2.45, 2.75) is 26.9 Å². The van der Waals surface area contributed by atoms with Gasteiger partial charge in [0, 0.05) is 12.7 Å². The predicted octanol–water partition coefficient (Wildman–Crippen LogP) is 3.62. The van der Waals surface area contributed by atoms with Crippen LogP contribution in [0, 0.1) is 13.8 Å². The van der Waals surface area contributed by atoms with Crippen molar-refractivity contribution in [3.63, 3.8) is 0 Å². The minimum Gasteiger partial charge on any atom is -0.481 e.